The minimum atomic E-state index is -0.0521. The van der Waals surface area contributed by atoms with Crippen LogP contribution < -0.4 is 0 Å². The SMILES string of the molecule is CC(=O)CC(=O)CC/C=C/C=C\C(C)C. The highest BCUT2D eigenvalue weighted by molar-refractivity contribution is 5.97. The van der Waals surface area contributed by atoms with Gasteiger partial charge in [0.15, 0.2) is 0 Å². The molecule has 2 heteroatoms. The molecule has 0 spiro atoms. The lowest BCUT2D eigenvalue weighted by Crippen LogP contribution is -2.03. The predicted octanol–water partition coefficient (Wildman–Crippen LogP) is 3.08. The average molecular weight is 208 g/mol. The molecule has 0 atom stereocenters. The Kier molecular flexibility index (Phi) is 7.51. The van der Waals surface area contributed by atoms with Gasteiger partial charge in [-0.25, -0.2) is 0 Å². The summed E-state index contributed by atoms with van der Waals surface area (Å²) in [6.45, 7) is 5.67. The molecule has 0 saturated carbocycles. The Labute approximate surface area is 92.1 Å². The minimum absolute atomic E-state index is 0.0278. The molecule has 15 heavy (non-hydrogen) atoms. The molecular weight excluding hydrogens is 188 g/mol. The number of ketones is 2. The van der Waals surface area contributed by atoms with Gasteiger partial charge in [0.2, 0.25) is 0 Å². The van der Waals surface area contributed by atoms with Crippen molar-refractivity contribution in [3.05, 3.63) is 24.3 Å². The molecule has 0 fully saturated rings. The van der Waals surface area contributed by atoms with Gasteiger partial charge in [-0.1, -0.05) is 38.2 Å². The van der Waals surface area contributed by atoms with E-state index >= 15 is 0 Å². The van der Waals surface area contributed by atoms with Crippen LogP contribution in [0.4, 0.5) is 0 Å². The van der Waals surface area contributed by atoms with E-state index in [2.05, 4.69) is 19.9 Å². The number of hydrogen-bond acceptors (Lipinski definition) is 2. The van der Waals surface area contributed by atoms with E-state index in [0.717, 1.165) is 0 Å². The van der Waals surface area contributed by atoms with Crippen molar-refractivity contribution in [2.24, 2.45) is 5.92 Å². The topological polar surface area (TPSA) is 34.1 Å². The van der Waals surface area contributed by atoms with Crippen molar-refractivity contribution in [3.8, 4) is 0 Å². The van der Waals surface area contributed by atoms with Crippen molar-refractivity contribution >= 4 is 11.6 Å². The molecule has 0 unspecified atom stereocenters. The molecule has 0 amide bonds. The summed E-state index contributed by atoms with van der Waals surface area (Å²) in [7, 11) is 0. The summed E-state index contributed by atoms with van der Waals surface area (Å²) >= 11 is 0. The second-order valence-electron chi connectivity index (χ2n) is 4.01. The second kappa shape index (κ2) is 8.16. The van der Waals surface area contributed by atoms with Crippen molar-refractivity contribution < 1.29 is 9.59 Å². The molecule has 84 valence electrons. The van der Waals surface area contributed by atoms with Crippen molar-refractivity contribution in [1.29, 1.82) is 0 Å². The van der Waals surface area contributed by atoms with Crippen molar-refractivity contribution in [1.82, 2.24) is 0 Å². The van der Waals surface area contributed by atoms with Gasteiger partial charge in [-0.2, -0.15) is 0 Å². The van der Waals surface area contributed by atoms with E-state index in [0.29, 0.717) is 18.8 Å². The normalized spacial score (nSPS) is 11.7. The van der Waals surface area contributed by atoms with E-state index in [4.69, 9.17) is 0 Å². The van der Waals surface area contributed by atoms with Crippen molar-refractivity contribution in [2.45, 2.75) is 40.0 Å². The third-order valence-corrected chi connectivity index (χ3v) is 1.78. The minimum Gasteiger partial charge on any atom is -0.300 e. The van der Waals surface area contributed by atoms with Crippen LogP contribution >= 0.6 is 0 Å². The van der Waals surface area contributed by atoms with Crippen LogP contribution in [0.3, 0.4) is 0 Å². The molecule has 0 aliphatic carbocycles. The smallest absolute Gasteiger partial charge is 0.140 e. The van der Waals surface area contributed by atoms with E-state index in [1.54, 1.807) is 0 Å². The van der Waals surface area contributed by atoms with E-state index in [1.165, 1.54) is 6.92 Å². The zero-order valence-corrected chi connectivity index (χ0v) is 9.82. The maximum atomic E-state index is 11.1. The first kappa shape index (κ1) is 13.8. The Hall–Kier alpha value is -1.18. The summed E-state index contributed by atoms with van der Waals surface area (Å²) < 4.78 is 0. The van der Waals surface area contributed by atoms with E-state index in [-0.39, 0.29) is 18.0 Å². The average Bonchev–Trinajstić information content (AvgIpc) is 2.09. The molecule has 0 rings (SSSR count). The predicted molar refractivity (Wildman–Crippen MR) is 62.7 cm³/mol. The number of Topliss-reactive ketones (excluding diaryl/α,β-unsaturated/α-hetero) is 2. The zero-order valence-electron chi connectivity index (χ0n) is 9.82. The van der Waals surface area contributed by atoms with Crippen LogP contribution in [0.5, 0.6) is 0 Å². The lowest BCUT2D eigenvalue weighted by Gasteiger charge is -1.93. The summed E-state index contributed by atoms with van der Waals surface area (Å²) in [5, 5.41) is 0. The van der Waals surface area contributed by atoms with E-state index in [1.807, 2.05) is 18.2 Å². The highest BCUT2D eigenvalue weighted by Crippen LogP contribution is 1.98. The largest absolute Gasteiger partial charge is 0.300 e. The van der Waals surface area contributed by atoms with Gasteiger partial charge in [-0.3, -0.25) is 9.59 Å². The van der Waals surface area contributed by atoms with Crippen molar-refractivity contribution in [3.63, 3.8) is 0 Å². The Balaban J connectivity index is 3.61. The fraction of sp³-hybridized carbons (Fsp3) is 0.538. The van der Waals surface area contributed by atoms with E-state index < -0.39 is 0 Å². The van der Waals surface area contributed by atoms with Gasteiger partial charge < -0.3 is 0 Å². The number of rotatable bonds is 7. The van der Waals surface area contributed by atoms with Crippen LogP contribution in [0.2, 0.25) is 0 Å². The quantitative estimate of drug-likeness (QED) is 0.476. The number of carbonyl (C=O) groups excluding carboxylic acids is 2. The number of carbonyl (C=O) groups is 2. The van der Waals surface area contributed by atoms with Gasteiger partial charge in [-0.05, 0) is 19.3 Å². The molecule has 0 aliphatic rings. The van der Waals surface area contributed by atoms with Crippen LogP contribution in [-0.2, 0) is 9.59 Å². The Morgan fingerprint density at radius 3 is 2.40 bits per heavy atom. The van der Waals surface area contributed by atoms with Crippen LogP contribution in [-0.4, -0.2) is 11.6 Å². The first-order valence-corrected chi connectivity index (χ1v) is 5.37. The summed E-state index contributed by atoms with van der Waals surface area (Å²) in [4.78, 5) is 21.7. The van der Waals surface area contributed by atoms with Crippen LogP contribution in [0.1, 0.15) is 40.0 Å². The first-order chi connectivity index (χ1) is 7.02. The maximum Gasteiger partial charge on any atom is 0.140 e. The fourth-order valence-corrected chi connectivity index (χ4v) is 1.07. The van der Waals surface area contributed by atoms with Crippen LogP contribution in [0, 0.1) is 5.92 Å². The van der Waals surface area contributed by atoms with Gasteiger partial charge in [0.25, 0.3) is 0 Å². The monoisotopic (exact) mass is 208 g/mol. The number of hydrogen-bond donors (Lipinski definition) is 0. The maximum absolute atomic E-state index is 11.1. The Bertz CT molecular complexity index is 260. The Morgan fingerprint density at radius 2 is 1.87 bits per heavy atom. The third kappa shape index (κ3) is 10.7. The summed E-state index contributed by atoms with van der Waals surface area (Å²) in [6.07, 6.45) is 9.24. The standard InChI is InChI=1S/C13H20O2/c1-11(2)8-6-4-5-7-9-13(15)10-12(3)14/h4-6,8,11H,7,9-10H2,1-3H3/b5-4+,8-6-. The summed E-state index contributed by atoms with van der Waals surface area (Å²) in [5.74, 6) is 0.526. The molecule has 2 nitrogen and oxygen atoms in total. The lowest BCUT2D eigenvalue weighted by atomic mass is 10.1. The molecule has 0 aliphatic heterocycles. The fourth-order valence-electron chi connectivity index (χ4n) is 1.07. The highest BCUT2D eigenvalue weighted by Gasteiger charge is 2.02. The Morgan fingerprint density at radius 1 is 1.20 bits per heavy atom. The molecule has 0 bridgehead atoms. The van der Waals surface area contributed by atoms with Crippen molar-refractivity contribution in [2.75, 3.05) is 0 Å². The summed E-state index contributed by atoms with van der Waals surface area (Å²) in [6, 6.07) is 0. The molecule has 0 heterocycles. The van der Waals surface area contributed by atoms with Gasteiger partial charge in [0, 0.05) is 6.42 Å². The lowest BCUT2D eigenvalue weighted by molar-refractivity contribution is -0.125. The van der Waals surface area contributed by atoms with Gasteiger partial charge in [0.05, 0.1) is 6.42 Å². The highest BCUT2D eigenvalue weighted by atomic mass is 16.1. The van der Waals surface area contributed by atoms with Gasteiger partial charge in [0.1, 0.15) is 11.6 Å². The van der Waals surface area contributed by atoms with Crippen LogP contribution in [0.15, 0.2) is 24.3 Å². The summed E-state index contributed by atoms with van der Waals surface area (Å²) in [5.41, 5.74) is 0. The molecular formula is C13H20O2. The molecule has 0 aromatic rings. The number of allylic oxidation sites excluding steroid dienone is 4. The molecule has 0 saturated heterocycles. The van der Waals surface area contributed by atoms with E-state index in [9.17, 15) is 9.59 Å². The molecule has 0 N–H and O–H groups in total. The molecule has 0 aromatic carbocycles. The van der Waals surface area contributed by atoms with Gasteiger partial charge >= 0.3 is 0 Å². The molecule has 0 aromatic heterocycles. The second-order valence-corrected chi connectivity index (χ2v) is 4.01. The van der Waals surface area contributed by atoms with Crippen LogP contribution in [0.25, 0.3) is 0 Å². The third-order valence-electron chi connectivity index (χ3n) is 1.78. The van der Waals surface area contributed by atoms with Gasteiger partial charge in [-0.15, -0.1) is 0 Å². The first-order valence-electron chi connectivity index (χ1n) is 5.37. The zero-order chi connectivity index (χ0) is 11.7. The molecule has 0 radical (unpaired) electrons.